The van der Waals surface area contributed by atoms with E-state index in [1.54, 1.807) is 11.8 Å². The van der Waals surface area contributed by atoms with Crippen LogP contribution in [0.5, 0.6) is 0 Å². The number of amides is 1. The maximum atomic E-state index is 12.4. The molecule has 6 heteroatoms. The van der Waals surface area contributed by atoms with E-state index in [0.29, 0.717) is 17.6 Å². The number of unbranched alkanes of at least 4 members (excludes halogenated alkanes) is 9. The van der Waals surface area contributed by atoms with Crippen molar-refractivity contribution in [3.63, 3.8) is 0 Å². The van der Waals surface area contributed by atoms with Crippen LogP contribution in [0.3, 0.4) is 0 Å². The standard InChI is InChI=1S/C22H39NO3S2/c1-2-3-4-5-6-7-8-9-10-11-16-28-22(27)26-20-17-19(18-20)21(24)23-12-14-25-15-13-23/h19-20H,2-18H2,1H3. The fourth-order valence-electron chi connectivity index (χ4n) is 3.82. The molecule has 0 aromatic rings. The second-order valence-corrected chi connectivity index (χ2v) is 9.82. The van der Waals surface area contributed by atoms with Gasteiger partial charge in [0.2, 0.25) is 10.3 Å². The van der Waals surface area contributed by atoms with Crippen LogP contribution in [0.4, 0.5) is 0 Å². The minimum Gasteiger partial charge on any atom is -0.475 e. The molecule has 0 aromatic carbocycles. The highest BCUT2D eigenvalue weighted by Gasteiger charge is 2.38. The predicted molar refractivity (Wildman–Crippen MR) is 122 cm³/mol. The lowest BCUT2D eigenvalue weighted by Crippen LogP contribution is -2.48. The smallest absolute Gasteiger partial charge is 0.226 e. The van der Waals surface area contributed by atoms with Gasteiger partial charge in [-0.2, -0.15) is 0 Å². The number of morpholine rings is 1. The van der Waals surface area contributed by atoms with Crippen LogP contribution in [0.1, 0.15) is 84.0 Å². The number of ether oxygens (including phenoxy) is 2. The Morgan fingerprint density at radius 1 is 1.00 bits per heavy atom. The van der Waals surface area contributed by atoms with Gasteiger partial charge in [-0.1, -0.05) is 76.5 Å². The molecule has 1 heterocycles. The number of thiocarbonyl (C=S) groups is 1. The second-order valence-electron chi connectivity index (χ2n) is 8.13. The van der Waals surface area contributed by atoms with Gasteiger partial charge in [0.15, 0.2) is 0 Å². The summed E-state index contributed by atoms with van der Waals surface area (Å²) in [5.74, 6) is 1.45. The molecule has 1 saturated heterocycles. The summed E-state index contributed by atoms with van der Waals surface area (Å²) in [5.41, 5.74) is 0. The minimum absolute atomic E-state index is 0.123. The zero-order chi connectivity index (χ0) is 20.0. The molecule has 2 rings (SSSR count). The van der Waals surface area contributed by atoms with E-state index in [-0.39, 0.29) is 17.9 Å². The Kier molecular flexibility index (Phi) is 12.5. The van der Waals surface area contributed by atoms with Gasteiger partial charge in [0.05, 0.1) is 13.2 Å². The van der Waals surface area contributed by atoms with E-state index in [0.717, 1.165) is 31.7 Å². The molecule has 1 aliphatic heterocycles. The molecule has 1 saturated carbocycles. The highest BCUT2D eigenvalue weighted by molar-refractivity contribution is 8.22. The van der Waals surface area contributed by atoms with Crippen molar-refractivity contribution >= 4 is 34.3 Å². The van der Waals surface area contributed by atoms with E-state index in [2.05, 4.69) is 6.92 Å². The molecule has 0 unspecified atom stereocenters. The Morgan fingerprint density at radius 2 is 1.57 bits per heavy atom. The van der Waals surface area contributed by atoms with Gasteiger partial charge in [-0.25, -0.2) is 0 Å². The van der Waals surface area contributed by atoms with Gasteiger partial charge in [0.1, 0.15) is 6.10 Å². The zero-order valence-electron chi connectivity index (χ0n) is 17.7. The molecule has 28 heavy (non-hydrogen) atoms. The van der Waals surface area contributed by atoms with Crippen molar-refractivity contribution in [1.82, 2.24) is 4.90 Å². The number of hydrogen-bond donors (Lipinski definition) is 0. The summed E-state index contributed by atoms with van der Waals surface area (Å²) in [7, 11) is 0. The average Bonchev–Trinajstić information content (AvgIpc) is 2.68. The molecule has 1 amide bonds. The van der Waals surface area contributed by atoms with Crippen LogP contribution in [0, 0.1) is 5.92 Å². The van der Waals surface area contributed by atoms with E-state index in [4.69, 9.17) is 21.7 Å². The first kappa shape index (κ1) is 23.9. The first-order valence-corrected chi connectivity index (χ1v) is 12.8. The van der Waals surface area contributed by atoms with Crippen molar-refractivity contribution in [2.24, 2.45) is 5.92 Å². The molecule has 2 fully saturated rings. The molecular weight excluding hydrogens is 390 g/mol. The number of hydrogen-bond acceptors (Lipinski definition) is 5. The van der Waals surface area contributed by atoms with Crippen LogP contribution < -0.4 is 0 Å². The molecule has 0 radical (unpaired) electrons. The van der Waals surface area contributed by atoms with Gasteiger partial charge >= 0.3 is 0 Å². The lowest BCUT2D eigenvalue weighted by atomic mass is 9.81. The Bertz CT molecular complexity index is 449. The van der Waals surface area contributed by atoms with Gasteiger partial charge in [-0.05, 0) is 31.5 Å². The van der Waals surface area contributed by atoms with Gasteiger partial charge in [-0.15, -0.1) is 0 Å². The van der Waals surface area contributed by atoms with Crippen LogP contribution in [-0.4, -0.2) is 53.3 Å². The van der Waals surface area contributed by atoms with E-state index in [1.165, 1.54) is 64.2 Å². The fraction of sp³-hybridized carbons (Fsp3) is 0.909. The average molecular weight is 430 g/mol. The molecule has 162 valence electrons. The van der Waals surface area contributed by atoms with Crippen LogP contribution in [0.15, 0.2) is 0 Å². The molecule has 0 N–H and O–H groups in total. The topological polar surface area (TPSA) is 38.8 Å². The normalized spacial score (nSPS) is 22.0. The monoisotopic (exact) mass is 429 g/mol. The Balaban J connectivity index is 1.38. The third-order valence-electron chi connectivity index (χ3n) is 5.75. The molecule has 4 nitrogen and oxygen atoms in total. The van der Waals surface area contributed by atoms with Crippen LogP contribution in [0.25, 0.3) is 0 Å². The van der Waals surface area contributed by atoms with Crippen molar-refractivity contribution in [3.8, 4) is 0 Å². The number of carbonyl (C=O) groups excluding carboxylic acids is 1. The summed E-state index contributed by atoms with van der Waals surface area (Å²) in [6.45, 7) is 5.06. The van der Waals surface area contributed by atoms with Crippen molar-refractivity contribution < 1.29 is 14.3 Å². The van der Waals surface area contributed by atoms with E-state index < -0.39 is 0 Å². The molecule has 0 bridgehead atoms. The third kappa shape index (κ3) is 9.45. The lowest BCUT2D eigenvalue weighted by Gasteiger charge is -2.38. The summed E-state index contributed by atoms with van der Waals surface area (Å²) >= 11 is 7.03. The van der Waals surface area contributed by atoms with Crippen molar-refractivity contribution in [2.75, 3.05) is 32.1 Å². The quantitative estimate of drug-likeness (QED) is 0.282. The summed E-state index contributed by atoms with van der Waals surface area (Å²) in [6.07, 6.45) is 15.3. The SMILES string of the molecule is CCCCCCCCCCCCSC(=S)OC1CC(C(=O)N2CCOCC2)C1. The van der Waals surface area contributed by atoms with Crippen molar-refractivity contribution in [1.29, 1.82) is 0 Å². The number of thioether (sulfide) groups is 1. The molecule has 0 atom stereocenters. The molecule has 0 aromatic heterocycles. The predicted octanol–water partition coefficient (Wildman–Crippen LogP) is 5.58. The maximum Gasteiger partial charge on any atom is 0.226 e. The summed E-state index contributed by atoms with van der Waals surface area (Å²) in [4.78, 5) is 14.3. The Hall–Kier alpha value is -0.330. The lowest BCUT2D eigenvalue weighted by molar-refractivity contribution is -0.145. The largest absolute Gasteiger partial charge is 0.475 e. The molecule has 0 spiro atoms. The summed E-state index contributed by atoms with van der Waals surface area (Å²) < 4.78 is 11.8. The highest BCUT2D eigenvalue weighted by atomic mass is 32.2. The summed E-state index contributed by atoms with van der Waals surface area (Å²) in [5, 5.41) is 0. The first-order chi connectivity index (χ1) is 13.7. The van der Waals surface area contributed by atoms with Crippen LogP contribution in [-0.2, 0) is 14.3 Å². The van der Waals surface area contributed by atoms with Gasteiger partial charge in [0.25, 0.3) is 0 Å². The third-order valence-corrected chi connectivity index (χ3v) is 7.02. The number of carbonyl (C=O) groups is 1. The highest BCUT2D eigenvalue weighted by Crippen LogP contribution is 2.33. The fourth-order valence-corrected chi connectivity index (χ4v) is 4.93. The van der Waals surface area contributed by atoms with E-state index in [9.17, 15) is 4.79 Å². The molecule has 2 aliphatic rings. The Labute approximate surface area is 181 Å². The van der Waals surface area contributed by atoms with Crippen LogP contribution >= 0.6 is 24.0 Å². The van der Waals surface area contributed by atoms with E-state index in [1.807, 2.05) is 4.90 Å². The maximum absolute atomic E-state index is 12.4. The van der Waals surface area contributed by atoms with Crippen LogP contribution in [0.2, 0.25) is 0 Å². The number of rotatable bonds is 13. The second kappa shape index (κ2) is 14.6. The first-order valence-electron chi connectivity index (χ1n) is 11.4. The van der Waals surface area contributed by atoms with Gasteiger partial charge < -0.3 is 14.4 Å². The van der Waals surface area contributed by atoms with Gasteiger partial charge in [0, 0.05) is 24.8 Å². The Morgan fingerprint density at radius 3 is 2.18 bits per heavy atom. The van der Waals surface area contributed by atoms with Crippen molar-refractivity contribution in [2.45, 2.75) is 90.1 Å². The number of nitrogens with zero attached hydrogens (tertiary/aromatic N) is 1. The molecule has 1 aliphatic carbocycles. The summed E-state index contributed by atoms with van der Waals surface area (Å²) in [6, 6.07) is 0. The zero-order valence-corrected chi connectivity index (χ0v) is 19.3. The minimum atomic E-state index is 0.123. The van der Waals surface area contributed by atoms with Gasteiger partial charge in [-0.3, -0.25) is 4.79 Å². The molecular formula is C22H39NO3S2. The van der Waals surface area contributed by atoms with E-state index >= 15 is 0 Å². The van der Waals surface area contributed by atoms with Crippen molar-refractivity contribution in [3.05, 3.63) is 0 Å².